The van der Waals surface area contributed by atoms with Crippen LogP contribution in [-0.4, -0.2) is 17.6 Å². The minimum atomic E-state index is -0.553. The van der Waals surface area contributed by atoms with Crippen molar-refractivity contribution in [1.82, 2.24) is 0 Å². The van der Waals surface area contributed by atoms with Gasteiger partial charge >= 0.3 is 0 Å². The zero-order chi connectivity index (χ0) is 17.7. The third-order valence-electron chi connectivity index (χ3n) is 3.06. The summed E-state index contributed by atoms with van der Waals surface area (Å²) < 4.78 is 14.6. The molecular formula is C17H16BrFN2O2S. The first-order valence-corrected chi connectivity index (χ1v) is 8.89. The molecular weight excluding hydrogens is 395 g/mol. The minimum Gasteiger partial charge on any atom is -0.325 e. The minimum absolute atomic E-state index is 0.0386. The Labute approximate surface area is 152 Å². The quantitative estimate of drug-likeness (QED) is 0.708. The van der Waals surface area contributed by atoms with Crippen molar-refractivity contribution in [3.05, 3.63) is 52.3 Å². The van der Waals surface area contributed by atoms with E-state index in [4.69, 9.17) is 0 Å². The lowest BCUT2D eigenvalue weighted by molar-refractivity contribution is -0.114. The Bertz CT molecular complexity index is 783. The van der Waals surface area contributed by atoms with E-state index in [2.05, 4.69) is 26.6 Å². The van der Waals surface area contributed by atoms with E-state index in [1.807, 2.05) is 25.1 Å². The maximum atomic E-state index is 13.6. The van der Waals surface area contributed by atoms with Crippen molar-refractivity contribution in [3.8, 4) is 0 Å². The smallest absolute Gasteiger partial charge is 0.234 e. The van der Waals surface area contributed by atoms with Gasteiger partial charge in [0.05, 0.1) is 11.4 Å². The first kappa shape index (κ1) is 18.5. The number of amides is 2. The maximum absolute atomic E-state index is 13.6. The molecule has 4 nitrogen and oxygen atoms in total. The van der Waals surface area contributed by atoms with Gasteiger partial charge in [-0.3, -0.25) is 9.59 Å². The molecule has 2 N–H and O–H groups in total. The van der Waals surface area contributed by atoms with Gasteiger partial charge in [-0.05, 0) is 48.9 Å². The van der Waals surface area contributed by atoms with Crippen molar-refractivity contribution in [2.24, 2.45) is 0 Å². The van der Waals surface area contributed by atoms with Gasteiger partial charge in [0.2, 0.25) is 11.8 Å². The summed E-state index contributed by atoms with van der Waals surface area (Å²) in [6.45, 7) is 3.27. The maximum Gasteiger partial charge on any atom is 0.234 e. The monoisotopic (exact) mass is 410 g/mol. The Morgan fingerprint density at radius 3 is 2.58 bits per heavy atom. The predicted octanol–water partition coefficient (Wildman–Crippen LogP) is 4.59. The average molecular weight is 411 g/mol. The molecule has 0 aliphatic heterocycles. The second-order valence-corrected chi connectivity index (χ2v) is 7.06. The Morgan fingerprint density at radius 1 is 1.17 bits per heavy atom. The van der Waals surface area contributed by atoms with Gasteiger partial charge < -0.3 is 10.6 Å². The van der Waals surface area contributed by atoms with Crippen LogP contribution < -0.4 is 10.6 Å². The van der Waals surface area contributed by atoms with Crippen molar-refractivity contribution in [2.45, 2.75) is 18.7 Å². The van der Waals surface area contributed by atoms with E-state index in [-0.39, 0.29) is 23.3 Å². The lowest BCUT2D eigenvalue weighted by Gasteiger charge is -2.09. The molecule has 24 heavy (non-hydrogen) atoms. The summed E-state index contributed by atoms with van der Waals surface area (Å²) in [5.41, 5.74) is 1.55. The molecule has 0 aliphatic rings. The fourth-order valence-electron chi connectivity index (χ4n) is 2.00. The Hall–Kier alpha value is -1.86. The summed E-state index contributed by atoms with van der Waals surface area (Å²) in [4.78, 5) is 24.1. The molecule has 2 amide bonds. The van der Waals surface area contributed by atoms with Crippen LogP contribution in [0.15, 0.2) is 45.8 Å². The highest BCUT2D eigenvalue weighted by molar-refractivity contribution is 9.10. The summed E-state index contributed by atoms with van der Waals surface area (Å²) in [5, 5.41) is 5.08. The van der Waals surface area contributed by atoms with Crippen molar-refractivity contribution in [3.63, 3.8) is 0 Å². The molecule has 0 atom stereocenters. The molecule has 7 heteroatoms. The van der Waals surface area contributed by atoms with Crippen LogP contribution in [0.5, 0.6) is 0 Å². The van der Waals surface area contributed by atoms with Gasteiger partial charge in [-0.2, -0.15) is 0 Å². The Kier molecular flexibility index (Phi) is 6.39. The molecule has 0 bridgehead atoms. The van der Waals surface area contributed by atoms with E-state index in [1.54, 1.807) is 0 Å². The van der Waals surface area contributed by atoms with Crippen molar-refractivity contribution < 1.29 is 14.0 Å². The van der Waals surface area contributed by atoms with Crippen molar-refractivity contribution in [2.75, 3.05) is 16.4 Å². The van der Waals surface area contributed by atoms with Crippen LogP contribution in [0.4, 0.5) is 15.8 Å². The molecule has 2 aromatic carbocycles. The number of nitrogens with one attached hydrogen (secondary N) is 2. The summed E-state index contributed by atoms with van der Waals surface area (Å²) in [6, 6.07) is 9.90. The number of hydrogen-bond donors (Lipinski definition) is 2. The number of aryl methyl sites for hydroxylation is 1. The van der Waals surface area contributed by atoms with Gasteiger partial charge in [0.25, 0.3) is 0 Å². The number of thioether (sulfide) groups is 1. The van der Waals surface area contributed by atoms with Gasteiger partial charge in [0, 0.05) is 22.0 Å². The number of halogens is 2. The SMILES string of the molecule is CC(=O)Nc1cc(NC(=O)CSc2ccc(Br)cc2C)ccc1F. The number of carbonyl (C=O) groups excluding carboxylic acids is 2. The van der Waals surface area contributed by atoms with E-state index in [0.717, 1.165) is 14.9 Å². The van der Waals surface area contributed by atoms with E-state index in [9.17, 15) is 14.0 Å². The second kappa shape index (κ2) is 8.30. The van der Waals surface area contributed by atoms with Gasteiger partial charge in [0.15, 0.2) is 0 Å². The number of carbonyl (C=O) groups is 2. The highest BCUT2D eigenvalue weighted by Gasteiger charge is 2.09. The molecule has 0 saturated heterocycles. The summed E-state index contributed by atoms with van der Waals surface area (Å²) in [5.74, 6) is -0.903. The molecule has 2 aromatic rings. The third-order valence-corrected chi connectivity index (χ3v) is 4.73. The predicted molar refractivity (Wildman–Crippen MR) is 98.9 cm³/mol. The molecule has 0 spiro atoms. The summed E-state index contributed by atoms with van der Waals surface area (Å²) in [6.07, 6.45) is 0. The first-order chi connectivity index (χ1) is 11.3. The second-order valence-electron chi connectivity index (χ2n) is 5.12. The van der Waals surface area contributed by atoms with Gasteiger partial charge in [-0.15, -0.1) is 11.8 Å². The standard InChI is InChI=1S/C17H16BrFN2O2S/c1-10-7-12(18)3-6-16(10)24-9-17(23)21-13-4-5-14(19)15(8-13)20-11(2)22/h3-8H,9H2,1-2H3,(H,20,22)(H,21,23). The topological polar surface area (TPSA) is 58.2 Å². The fourth-order valence-corrected chi connectivity index (χ4v) is 3.29. The van der Waals surface area contributed by atoms with Crippen LogP contribution >= 0.6 is 27.7 Å². The van der Waals surface area contributed by atoms with E-state index in [0.29, 0.717) is 5.69 Å². The normalized spacial score (nSPS) is 10.3. The van der Waals surface area contributed by atoms with E-state index < -0.39 is 5.82 Å². The molecule has 2 rings (SSSR count). The molecule has 0 heterocycles. The lowest BCUT2D eigenvalue weighted by Crippen LogP contribution is -2.15. The molecule has 0 unspecified atom stereocenters. The van der Waals surface area contributed by atoms with Crippen LogP contribution in [0.25, 0.3) is 0 Å². The number of anilines is 2. The highest BCUT2D eigenvalue weighted by Crippen LogP contribution is 2.26. The summed E-state index contributed by atoms with van der Waals surface area (Å²) in [7, 11) is 0. The Morgan fingerprint density at radius 2 is 1.92 bits per heavy atom. The van der Waals surface area contributed by atoms with Crippen molar-refractivity contribution >= 4 is 50.9 Å². The average Bonchev–Trinajstić information content (AvgIpc) is 2.49. The molecule has 0 aromatic heterocycles. The van der Waals surface area contributed by atoms with Crippen molar-refractivity contribution in [1.29, 1.82) is 0 Å². The fraction of sp³-hybridized carbons (Fsp3) is 0.176. The third kappa shape index (κ3) is 5.35. The first-order valence-electron chi connectivity index (χ1n) is 7.11. The van der Waals surface area contributed by atoms with Crippen LogP contribution in [0.1, 0.15) is 12.5 Å². The van der Waals surface area contributed by atoms with Crippen LogP contribution in [0.3, 0.4) is 0 Å². The molecule has 0 fully saturated rings. The zero-order valence-corrected chi connectivity index (χ0v) is 15.6. The number of hydrogen-bond acceptors (Lipinski definition) is 3. The number of rotatable bonds is 5. The van der Waals surface area contributed by atoms with Gasteiger partial charge in [0.1, 0.15) is 5.82 Å². The largest absolute Gasteiger partial charge is 0.325 e. The summed E-state index contributed by atoms with van der Waals surface area (Å²) >= 11 is 4.83. The van der Waals surface area contributed by atoms with Gasteiger partial charge in [-0.1, -0.05) is 15.9 Å². The molecule has 0 saturated carbocycles. The van der Waals surface area contributed by atoms with E-state index >= 15 is 0 Å². The van der Waals surface area contributed by atoms with E-state index in [1.165, 1.54) is 36.9 Å². The highest BCUT2D eigenvalue weighted by atomic mass is 79.9. The lowest BCUT2D eigenvalue weighted by atomic mass is 10.2. The molecule has 126 valence electrons. The number of benzene rings is 2. The van der Waals surface area contributed by atoms with Crippen LogP contribution in [0.2, 0.25) is 0 Å². The van der Waals surface area contributed by atoms with Crippen LogP contribution in [-0.2, 0) is 9.59 Å². The van der Waals surface area contributed by atoms with Gasteiger partial charge in [-0.25, -0.2) is 4.39 Å². The Balaban J connectivity index is 1.98. The zero-order valence-electron chi connectivity index (χ0n) is 13.2. The van der Waals surface area contributed by atoms with Crippen LogP contribution in [0, 0.1) is 12.7 Å². The molecule has 0 aliphatic carbocycles. The molecule has 0 radical (unpaired) electrons.